The summed E-state index contributed by atoms with van der Waals surface area (Å²) in [6, 6.07) is 9.49. The lowest BCUT2D eigenvalue weighted by molar-refractivity contribution is 0.532. The Balaban J connectivity index is 1.65. The van der Waals surface area contributed by atoms with Crippen molar-refractivity contribution in [3.63, 3.8) is 0 Å². The Labute approximate surface area is 113 Å². The van der Waals surface area contributed by atoms with E-state index >= 15 is 0 Å². The molecule has 2 N–H and O–H groups in total. The van der Waals surface area contributed by atoms with Gasteiger partial charge in [0.15, 0.2) is 0 Å². The number of fused-ring (bicyclic) bond motifs is 1. The lowest BCUT2D eigenvalue weighted by Crippen LogP contribution is -2.33. The van der Waals surface area contributed by atoms with Gasteiger partial charge in [0.1, 0.15) is 0 Å². The highest BCUT2D eigenvalue weighted by molar-refractivity contribution is 7.99. The third-order valence-electron chi connectivity index (χ3n) is 3.94. The number of H-pyrrole nitrogens is 1. The largest absolute Gasteiger partial charge is 0.361 e. The van der Waals surface area contributed by atoms with Crippen molar-refractivity contribution >= 4 is 22.7 Å². The summed E-state index contributed by atoms with van der Waals surface area (Å²) in [6.45, 7) is 0.983. The van der Waals surface area contributed by atoms with E-state index in [1.807, 2.05) is 18.0 Å². The van der Waals surface area contributed by atoms with E-state index in [2.05, 4.69) is 40.8 Å². The minimum Gasteiger partial charge on any atom is -0.361 e. The molecule has 2 unspecified atom stereocenters. The first-order valence-electron chi connectivity index (χ1n) is 6.69. The van der Waals surface area contributed by atoms with E-state index in [1.54, 1.807) is 0 Å². The first-order chi connectivity index (χ1) is 8.86. The monoisotopic (exact) mass is 260 g/mol. The maximum Gasteiger partial charge on any atom is 0.0457 e. The molecule has 2 aromatic rings. The van der Waals surface area contributed by atoms with Gasteiger partial charge in [-0.15, -0.1) is 0 Å². The van der Waals surface area contributed by atoms with Crippen molar-refractivity contribution in [3.8, 4) is 0 Å². The molecule has 3 rings (SSSR count). The SMILES string of the molecule is CSC1CCCC1NCc1ccc2cc[nH]c2c1. The van der Waals surface area contributed by atoms with Crippen molar-refractivity contribution in [3.05, 3.63) is 36.0 Å². The van der Waals surface area contributed by atoms with Crippen LogP contribution in [0.5, 0.6) is 0 Å². The van der Waals surface area contributed by atoms with Crippen LogP contribution in [0, 0.1) is 0 Å². The number of aromatic amines is 1. The molecule has 0 aliphatic heterocycles. The van der Waals surface area contributed by atoms with Gasteiger partial charge in [-0.3, -0.25) is 0 Å². The summed E-state index contributed by atoms with van der Waals surface area (Å²) in [4.78, 5) is 3.28. The van der Waals surface area contributed by atoms with Crippen LogP contribution in [0.1, 0.15) is 24.8 Å². The molecular weight excluding hydrogens is 240 g/mol. The molecule has 0 saturated heterocycles. The second kappa shape index (κ2) is 5.37. The number of aromatic nitrogens is 1. The highest BCUT2D eigenvalue weighted by Crippen LogP contribution is 2.28. The van der Waals surface area contributed by atoms with Crippen molar-refractivity contribution in [2.75, 3.05) is 6.26 Å². The minimum atomic E-state index is 0.694. The van der Waals surface area contributed by atoms with E-state index in [4.69, 9.17) is 0 Å². The van der Waals surface area contributed by atoms with Crippen LogP contribution in [-0.4, -0.2) is 22.5 Å². The normalized spacial score (nSPS) is 23.8. The summed E-state index contributed by atoms with van der Waals surface area (Å²) in [5.41, 5.74) is 2.61. The molecule has 2 atom stereocenters. The second-order valence-electron chi connectivity index (χ2n) is 5.09. The number of thioether (sulfide) groups is 1. The van der Waals surface area contributed by atoms with E-state index < -0.39 is 0 Å². The topological polar surface area (TPSA) is 27.8 Å². The molecule has 2 nitrogen and oxygen atoms in total. The molecule has 1 fully saturated rings. The predicted octanol–water partition coefficient (Wildman–Crippen LogP) is 3.54. The van der Waals surface area contributed by atoms with Crippen LogP contribution >= 0.6 is 11.8 Å². The first kappa shape index (κ1) is 12.1. The molecule has 96 valence electrons. The van der Waals surface area contributed by atoms with Crippen molar-refractivity contribution in [2.24, 2.45) is 0 Å². The lowest BCUT2D eigenvalue weighted by atomic mass is 10.1. The fraction of sp³-hybridized carbons (Fsp3) is 0.467. The van der Waals surface area contributed by atoms with Crippen molar-refractivity contribution in [1.82, 2.24) is 10.3 Å². The summed E-state index contributed by atoms with van der Waals surface area (Å²) in [5.74, 6) is 0. The van der Waals surface area contributed by atoms with Gasteiger partial charge in [-0.2, -0.15) is 11.8 Å². The van der Waals surface area contributed by atoms with Crippen LogP contribution in [-0.2, 0) is 6.54 Å². The van der Waals surface area contributed by atoms with Crippen molar-refractivity contribution in [1.29, 1.82) is 0 Å². The van der Waals surface area contributed by atoms with Gasteiger partial charge in [-0.1, -0.05) is 18.6 Å². The van der Waals surface area contributed by atoms with Gasteiger partial charge in [0, 0.05) is 29.6 Å². The third-order valence-corrected chi connectivity index (χ3v) is 5.11. The molecule has 1 aliphatic rings. The summed E-state index contributed by atoms with van der Waals surface area (Å²) < 4.78 is 0. The second-order valence-corrected chi connectivity index (χ2v) is 6.17. The molecule has 0 bridgehead atoms. The molecule has 1 saturated carbocycles. The van der Waals surface area contributed by atoms with E-state index in [1.165, 1.54) is 35.7 Å². The molecule has 18 heavy (non-hydrogen) atoms. The van der Waals surface area contributed by atoms with Crippen LogP contribution in [0.15, 0.2) is 30.5 Å². The zero-order chi connectivity index (χ0) is 12.4. The number of nitrogens with one attached hydrogen (secondary N) is 2. The highest BCUT2D eigenvalue weighted by atomic mass is 32.2. The molecule has 3 heteroatoms. The number of hydrogen-bond donors (Lipinski definition) is 2. The summed E-state index contributed by atoms with van der Waals surface area (Å²) in [6.07, 6.45) is 8.31. The van der Waals surface area contributed by atoms with Crippen molar-refractivity contribution < 1.29 is 0 Å². The Morgan fingerprint density at radius 2 is 2.28 bits per heavy atom. The minimum absolute atomic E-state index is 0.694. The maximum absolute atomic E-state index is 3.72. The Morgan fingerprint density at radius 1 is 1.33 bits per heavy atom. The number of hydrogen-bond acceptors (Lipinski definition) is 2. The number of rotatable bonds is 4. The Kier molecular flexibility index (Phi) is 3.62. The van der Waals surface area contributed by atoms with Crippen LogP contribution in [0.2, 0.25) is 0 Å². The summed E-state index contributed by atoms with van der Waals surface area (Å²) >= 11 is 2.01. The van der Waals surface area contributed by atoms with E-state index in [0.717, 1.165) is 11.8 Å². The standard InChI is InChI=1S/C15H20N2S/c1-18-15-4-2-3-13(15)17-10-11-5-6-12-7-8-16-14(12)9-11/h5-9,13,15-17H,2-4,10H2,1H3. The summed E-state index contributed by atoms with van der Waals surface area (Å²) in [7, 11) is 0. The van der Waals surface area contributed by atoms with Gasteiger partial charge in [-0.05, 0) is 42.2 Å². The van der Waals surface area contributed by atoms with Crippen LogP contribution < -0.4 is 5.32 Å². The Morgan fingerprint density at radius 3 is 3.17 bits per heavy atom. The molecule has 1 aromatic heterocycles. The maximum atomic E-state index is 3.72. The molecule has 1 aliphatic carbocycles. The van der Waals surface area contributed by atoms with E-state index in [-0.39, 0.29) is 0 Å². The van der Waals surface area contributed by atoms with Gasteiger partial charge in [0.25, 0.3) is 0 Å². The highest BCUT2D eigenvalue weighted by Gasteiger charge is 2.25. The zero-order valence-electron chi connectivity index (χ0n) is 10.8. The van der Waals surface area contributed by atoms with Gasteiger partial charge in [0.2, 0.25) is 0 Å². The van der Waals surface area contributed by atoms with E-state index in [9.17, 15) is 0 Å². The average molecular weight is 260 g/mol. The fourth-order valence-electron chi connectivity index (χ4n) is 2.90. The Hall–Kier alpha value is -0.930. The van der Waals surface area contributed by atoms with Crippen LogP contribution in [0.3, 0.4) is 0 Å². The quantitative estimate of drug-likeness (QED) is 0.880. The average Bonchev–Trinajstić information content (AvgIpc) is 3.04. The Bertz CT molecular complexity index is 520. The van der Waals surface area contributed by atoms with E-state index in [0.29, 0.717) is 6.04 Å². The van der Waals surface area contributed by atoms with Gasteiger partial charge < -0.3 is 10.3 Å². The van der Waals surface area contributed by atoms with Crippen LogP contribution in [0.25, 0.3) is 10.9 Å². The fourth-order valence-corrected chi connectivity index (χ4v) is 3.86. The zero-order valence-corrected chi connectivity index (χ0v) is 11.6. The lowest BCUT2D eigenvalue weighted by Gasteiger charge is -2.19. The molecule has 1 heterocycles. The molecular formula is C15H20N2S. The molecule has 0 spiro atoms. The number of benzene rings is 1. The third kappa shape index (κ3) is 2.43. The van der Waals surface area contributed by atoms with Crippen LogP contribution in [0.4, 0.5) is 0 Å². The summed E-state index contributed by atoms with van der Waals surface area (Å²) in [5, 5.41) is 5.82. The molecule has 0 radical (unpaired) electrons. The molecule has 1 aromatic carbocycles. The van der Waals surface area contributed by atoms with Crippen molar-refractivity contribution in [2.45, 2.75) is 37.1 Å². The van der Waals surface area contributed by atoms with Gasteiger partial charge in [0.05, 0.1) is 0 Å². The predicted molar refractivity (Wildman–Crippen MR) is 80.1 cm³/mol. The molecule has 0 amide bonds. The smallest absolute Gasteiger partial charge is 0.0457 e. The van der Waals surface area contributed by atoms with Gasteiger partial charge in [-0.25, -0.2) is 0 Å². The first-order valence-corrected chi connectivity index (χ1v) is 7.98. The van der Waals surface area contributed by atoms with Gasteiger partial charge >= 0.3 is 0 Å².